The molecule has 3 unspecified atom stereocenters. The van der Waals surface area contributed by atoms with Crippen LogP contribution in [0, 0.1) is 0 Å². The first-order valence-corrected chi connectivity index (χ1v) is 10.4. The smallest absolute Gasteiger partial charge is 0.321 e. The van der Waals surface area contributed by atoms with Gasteiger partial charge in [0, 0.05) is 38.9 Å². The number of carbonyl (C=O) groups is 1. The molecule has 1 heterocycles. The quantitative estimate of drug-likeness (QED) is 0.561. The number of nitrogens with zero attached hydrogens (tertiary/aromatic N) is 2. The lowest BCUT2D eigenvalue weighted by molar-refractivity contribution is -0.166. The number of esters is 1. The summed E-state index contributed by atoms with van der Waals surface area (Å²) in [6.07, 6.45) is 0.0433. The zero-order valence-electron chi connectivity index (χ0n) is 18.7. The summed E-state index contributed by atoms with van der Waals surface area (Å²) >= 11 is 0. The lowest BCUT2D eigenvalue weighted by atomic mass is 9.95. The van der Waals surface area contributed by atoms with Gasteiger partial charge in [-0.05, 0) is 31.2 Å². The summed E-state index contributed by atoms with van der Waals surface area (Å²) in [6, 6.07) is 17.6. The second-order valence-corrected chi connectivity index (χ2v) is 8.14. The molecule has 2 fully saturated rings. The molecule has 8 heteroatoms. The van der Waals surface area contributed by atoms with E-state index < -0.39 is 11.6 Å². The highest BCUT2D eigenvalue weighted by Crippen LogP contribution is 2.52. The summed E-state index contributed by atoms with van der Waals surface area (Å²) in [4.78, 5) is 18.1. The molecule has 0 bridgehead atoms. The fourth-order valence-electron chi connectivity index (χ4n) is 4.28. The van der Waals surface area contributed by atoms with Gasteiger partial charge in [-0.1, -0.05) is 42.5 Å². The Kier molecular flexibility index (Phi) is 9.37. The second kappa shape index (κ2) is 11.3. The van der Waals surface area contributed by atoms with Crippen molar-refractivity contribution in [3.05, 3.63) is 65.7 Å². The highest BCUT2D eigenvalue weighted by Gasteiger charge is 2.64. The van der Waals surface area contributed by atoms with Crippen LogP contribution < -0.4 is 4.74 Å². The number of hydrogen-bond donors (Lipinski definition) is 0. The van der Waals surface area contributed by atoms with Crippen molar-refractivity contribution in [3.63, 3.8) is 0 Å². The molecule has 0 radical (unpaired) electrons. The number of methoxy groups -OCH3 is 2. The fourth-order valence-corrected chi connectivity index (χ4v) is 4.28. The fraction of sp³-hybridized carbons (Fsp3) is 0.458. The molecule has 0 amide bonds. The first kappa shape index (κ1) is 26.4. The van der Waals surface area contributed by atoms with Gasteiger partial charge in [0.25, 0.3) is 0 Å². The number of piperazine rings is 1. The molecule has 1 saturated heterocycles. The van der Waals surface area contributed by atoms with Crippen LogP contribution >= 0.6 is 24.8 Å². The standard InChI is InChI=1S/C24H30N2O4.2ClH/c1-25-13-15-26(16-14-25)22(18-7-5-4-6-8-18)30-23(27)24(17-21(24)29-3)19-9-11-20(28-2)12-10-19;;/h4-12,21-22H,13-17H2,1-3H3;2*1H. The molecule has 176 valence electrons. The van der Waals surface area contributed by atoms with E-state index in [0.29, 0.717) is 6.42 Å². The molecule has 1 aliphatic heterocycles. The molecular weight excluding hydrogens is 451 g/mol. The summed E-state index contributed by atoms with van der Waals surface area (Å²) in [7, 11) is 5.40. The van der Waals surface area contributed by atoms with Crippen LogP contribution in [0.4, 0.5) is 0 Å². The van der Waals surface area contributed by atoms with Gasteiger partial charge in [-0.2, -0.15) is 0 Å². The summed E-state index contributed by atoms with van der Waals surface area (Å²) in [5, 5.41) is 0. The third kappa shape index (κ3) is 5.21. The van der Waals surface area contributed by atoms with Gasteiger partial charge in [0.2, 0.25) is 0 Å². The summed E-state index contributed by atoms with van der Waals surface area (Å²) < 4.78 is 17.1. The van der Waals surface area contributed by atoms with Crippen molar-refractivity contribution in [1.82, 2.24) is 9.80 Å². The van der Waals surface area contributed by atoms with Crippen molar-refractivity contribution in [3.8, 4) is 5.75 Å². The highest BCUT2D eigenvalue weighted by atomic mass is 35.5. The first-order chi connectivity index (χ1) is 14.6. The van der Waals surface area contributed by atoms with Crippen LogP contribution in [0.2, 0.25) is 0 Å². The van der Waals surface area contributed by atoms with Gasteiger partial charge in [0.05, 0.1) is 13.2 Å². The molecule has 2 aromatic rings. The first-order valence-electron chi connectivity index (χ1n) is 10.4. The van der Waals surface area contributed by atoms with Gasteiger partial charge >= 0.3 is 5.97 Å². The molecule has 0 aromatic heterocycles. The normalized spacial score (nSPS) is 23.9. The molecule has 32 heavy (non-hydrogen) atoms. The van der Waals surface area contributed by atoms with E-state index in [0.717, 1.165) is 43.1 Å². The van der Waals surface area contributed by atoms with E-state index in [1.165, 1.54) is 0 Å². The van der Waals surface area contributed by atoms with E-state index in [9.17, 15) is 4.79 Å². The Bertz CT molecular complexity index is 860. The Labute approximate surface area is 202 Å². The van der Waals surface area contributed by atoms with Crippen molar-refractivity contribution in [1.29, 1.82) is 0 Å². The van der Waals surface area contributed by atoms with Crippen LogP contribution in [0.1, 0.15) is 23.8 Å². The third-order valence-corrected chi connectivity index (χ3v) is 6.32. The van der Waals surface area contributed by atoms with Crippen LogP contribution in [0.3, 0.4) is 0 Å². The number of hydrogen-bond acceptors (Lipinski definition) is 6. The third-order valence-electron chi connectivity index (χ3n) is 6.32. The molecular formula is C24H32Cl2N2O4. The van der Waals surface area contributed by atoms with Crippen molar-refractivity contribution in [2.45, 2.75) is 24.2 Å². The monoisotopic (exact) mass is 482 g/mol. The van der Waals surface area contributed by atoms with E-state index in [4.69, 9.17) is 14.2 Å². The maximum atomic E-state index is 13.6. The number of ether oxygens (including phenoxy) is 3. The van der Waals surface area contributed by atoms with Gasteiger partial charge in [-0.15, -0.1) is 24.8 Å². The Morgan fingerprint density at radius 2 is 1.59 bits per heavy atom. The number of halogens is 2. The zero-order chi connectivity index (χ0) is 21.1. The Morgan fingerprint density at radius 1 is 0.969 bits per heavy atom. The lowest BCUT2D eigenvalue weighted by Crippen LogP contribution is -2.47. The lowest BCUT2D eigenvalue weighted by Gasteiger charge is -2.38. The van der Waals surface area contributed by atoms with Gasteiger partial charge in [-0.25, -0.2) is 0 Å². The van der Waals surface area contributed by atoms with Gasteiger partial charge in [0.1, 0.15) is 11.2 Å². The Balaban J connectivity index is 0.00000181. The molecule has 2 aliphatic rings. The predicted octanol–water partition coefficient (Wildman–Crippen LogP) is 3.68. The van der Waals surface area contributed by atoms with Crippen LogP contribution in [0.15, 0.2) is 54.6 Å². The number of rotatable bonds is 7. The molecule has 1 aliphatic carbocycles. The van der Waals surface area contributed by atoms with Crippen molar-refractivity contribution in [2.24, 2.45) is 0 Å². The summed E-state index contributed by atoms with van der Waals surface area (Å²) in [5.74, 6) is 0.531. The largest absolute Gasteiger partial charge is 0.497 e. The molecule has 1 saturated carbocycles. The van der Waals surface area contributed by atoms with Crippen molar-refractivity contribution in [2.75, 3.05) is 47.4 Å². The molecule has 2 aromatic carbocycles. The maximum Gasteiger partial charge on any atom is 0.321 e. The number of carbonyl (C=O) groups excluding carboxylic acids is 1. The molecule has 3 atom stereocenters. The van der Waals surface area contributed by atoms with Crippen LogP contribution in [0.25, 0.3) is 0 Å². The predicted molar refractivity (Wildman–Crippen MR) is 129 cm³/mol. The average Bonchev–Trinajstić information content (AvgIpc) is 3.55. The minimum Gasteiger partial charge on any atom is -0.497 e. The van der Waals surface area contributed by atoms with Gasteiger partial charge in [0.15, 0.2) is 6.23 Å². The van der Waals surface area contributed by atoms with E-state index >= 15 is 0 Å². The Morgan fingerprint density at radius 3 is 2.12 bits per heavy atom. The molecule has 0 N–H and O–H groups in total. The minimum atomic E-state index is -0.763. The summed E-state index contributed by atoms with van der Waals surface area (Å²) in [6.45, 7) is 3.61. The van der Waals surface area contributed by atoms with Gasteiger partial charge < -0.3 is 19.1 Å². The van der Waals surface area contributed by atoms with Gasteiger partial charge in [-0.3, -0.25) is 9.69 Å². The number of likely N-dealkylation sites (N-methyl/N-ethyl adjacent to an activating group) is 1. The highest BCUT2D eigenvalue weighted by molar-refractivity contribution is 5.88. The van der Waals surface area contributed by atoms with Crippen molar-refractivity contribution < 1.29 is 19.0 Å². The topological polar surface area (TPSA) is 51.2 Å². The van der Waals surface area contributed by atoms with E-state index in [1.807, 2.05) is 54.6 Å². The van der Waals surface area contributed by atoms with E-state index in [1.54, 1.807) is 14.2 Å². The average molecular weight is 483 g/mol. The van der Waals surface area contributed by atoms with Crippen LogP contribution in [-0.2, 0) is 19.7 Å². The number of benzene rings is 2. The SMILES string of the molecule is COc1ccc(C2(C(=O)OC(c3ccccc3)N3CCN(C)CC3)CC2OC)cc1.Cl.Cl. The zero-order valence-corrected chi connectivity index (χ0v) is 20.4. The summed E-state index contributed by atoms with van der Waals surface area (Å²) in [5.41, 5.74) is 1.14. The molecule has 4 rings (SSSR count). The maximum absolute atomic E-state index is 13.6. The molecule has 0 spiro atoms. The van der Waals surface area contributed by atoms with Crippen LogP contribution in [0.5, 0.6) is 5.75 Å². The van der Waals surface area contributed by atoms with E-state index in [-0.39, 0.29) is 36.9 Å². The second-order valence-electron chi connectivity index (χ2n) is 8.14. The van der Waals surface area contributed by atoms with Crippen molar-refractivity contribution >= 4 is 30.8 Å². The minimum absolute atomic E-state index is 0. The van der Waals surface area contributed by atoms with Crippen LogP contribution in [-0.4, -0.2) is 69.3 Å². The Hall–Kier alpha value is -1.83. The molecule has 6 nitrogen and oxygen atoms in total. The van der Waals surface area contributed by atoms with E-state index in [2.05, 4.69) is 16.8 Å².